The third kappa shape index (κ3) is 15.9. The van der Waals surface area contributed by atoms with E-state index in [2.05, 4.69) is 93.1 Å². The summed E-state index contributed by atoms with van der Waals surface area (Å²) in [6.45, 7) is 3.73. The van der Waals surface area contributed by atoms with Gasteiger partial charge in [-0.2, -0.15) is 0 Å². The van der Waals surface area contributed by atoms with Crippen molar-refractivity contribution in [3.05, 3.63) is 104 Å². The van der Waals surface area contributed by atoms with Crippen LogP contribution >= 0.6 is 7.75 Å². The summed E-state index contributed by atoms with van der Waals surface area (Å²) in [5.74, 6) is -0.118. The monoisotopic (exact) mass is 687 g/mol. The van der Waals surface area contributed by atoms with Crippen molar-refractivity contribution in [3.8, 4) is 0 Å². The largest absolute Gasteiger partial charge is 0.405 e. The maximum absolute atomic E-state index is 13.0. The van der Waals surface area contributed by atoms with Crippen molar-refractivity contribution < 1.29 is 23.1 Å². The zero-order valence-corrected chi connectivity index (χ0v) is 29.1. The topological polar surface area (TPSA) is 190 Å². The molecule has 0 saturated carbocycles. The Morgan fingerprint density at radius 2 is 1.71 bits per heavy atom. The maximum atomic E-state index is 13.0. The number of nitrogens with one attached hydrogen (secondary N) is 3. The molecule has 4 atom stereocenters. The highest BCUT2D eigenvalue weighted by Crippen LogP contribution is 2.43. The Labute approximate surface area is 282 Å². The van der Waals surface area contributed by atoms with Gasteiger partial charge in [-0.3, -0.25) is 23.7 Å². The molecule has 3 N–H and O–H groups in total. The van der Waals surface area contributed by atoms with Crippen molar-refractivity contribution in [2.45, 2.75) is 90.0 Å². The highest BCUT2D eigenvalue weighted by atomic mass is 31.2. The fourth-order valence-corrected chi connectivity index (χ4v) is 5.65. The van der Waals surface area contributed by atoms with Gasteiger partial charge >= 0.3 is 13.4 Å². The van der Waals surface area contributed by atoms with Crippen molar-refractivity contribution in [1.82, 2.24) is 20.0 Å². The average Bonchev–Trinajstić information content (AvgIpc) is 3.47. The second-order valence-corrected chi connectivity index (χ2v) is 12.9. The molecule has 0 radical (unpaired) electrons. The Balaban J connectivity index is 1.62. The molecule has 2 rings (SSSR count). The minimum absolute atomic E-state index is 0.117. The van der Waals surface area contributed by atoms with Crippen molar-refractivity contribution in [2.75, 3.05) is 26.8 Å². The average molecular weight is 688 g/mol. The molecule has 264 valence electrons. The van der Waals surface area contributed by atoms with E-state index in [4.69, 9.17) is 19.3 Å². The van der Waals surface area contributed by atoms with Gasteiger partial charge in [-0.1, -0.05) is 72.8 Å². The molecule has 0 spiro atoms. The van der Waals surface area contributed by atoms with Gasteiger partial charge in [0, 0.05) is 49.7 Å². The summed E-state index contributed by atoms with van der Waals surface area (Å²) in [5, 5.41) is 9.17. The second kappa shape index (κ2) is 23.5. The lowest BCUT2D eigenvalue weighted by atomic mass is 10.1. The number of allylic oxidation sites excluding steroid dienone is 10. The molecule has 14 nitrogen and oxygen atoms in total. The number of hydrogen-bond donors (Lipinski definition) is 3. The van der Waals surface area contributed by atoms with Gasteiger partial charge in [0.05, 0.1) is 18.8 Å². The number of H-pyrrole nitrogens is 1. The zero-order chi connectivity index (χ0) is 35.0. The number of carbonyl (C=O) groups is 1. The van der Waals surface area contributed by atoms with Gasteiger partial charge in [0.25, 0.3) is 5.56 Å². The Morgan fingerprint density at radius 3 is 2.31 bits per heavy atom. The van der Waals surface area contributed by atoms with Crippen LogP contribution in [-0.2, 0) is 23.1 Å². The first kappa shape index (κ1) is 40.4. The van der Waals surface area contributed by atoms with Crippen LogP contribution in [0.3, 0.4) is 0 Å². The molecular weight excluding hydrogens is 637 g/mol. The minimum Gasteiger partial charge on any atom is -0.355 e. The number of carbonyl (C=O) groups excluding carboxylic acids is 1. The molecule has 0 aliphatic carbocycles. The summed E-state index contributed by atoms with van der Waals surface area (Å²) in [7, 11) is -2.57. The number of aromatic nitrogens is 2. The fraction of sp³-hybridized carbons (Fsp3) is 0.545. The van der Waals surface area contributed by atoms with E-state index in [1.807, 2.05) is 0 Å². The van der Waals surface area contributed by atoms with Gasteiger partial charge in [-0.05, 0) is 57.4 Å². The molecule has 0 aromatic carbocycles. The first-order valence-electron chi connectivity index (χ1n) is 16.3. The molecule has 2 unspecified atom stereocenters. The zero-order valence-electron chi connectivity index (χ0n) is 28.2. The van der Waals surface area contributed by atoms with Gasteiger partial charge in [-0.15, -0.1) is 0 Å². The van der Waals surface area contributed by atoms with Gasteiger partial charge in [-0.25, -0.2) is 14.4 Å². The van der Waals surface area contributed by atoms with Crippen LogP contribution in [0, 0.1) is 6.92 Å². The molecular formula is C33H50N7O7P. The van der Waals surface area contributed by atoms with Crippen LogP contribution < -0.4 is 21.7 Å². The van der Waals surface area contributed by atoms with Gasteiger partial charge in [0.15, 0.2) is 0 Å². The summed E-state index contributed by atoms with van der Waals surface area (Å²) >= 11 is 0. The highest BCUT2D eigenvalue weighted by molar-refractivity contribution is 7.51. The molecule has 1 aromatic heterocycles. The van der Waals surface area contributed by atoms with Crippen LogP contribution in [-0.4, -0.2) is 54.4 Å². The van der Waals surface area contributed by atoms with Crippen molar-refractivity contribution in [1.29, 1.82) is 0 Å². The van der Waals surface area contributed by atoms with Crippen LogP contribution in [0.5, 0.6) is 0 Å². The molecule has 1 saturated heterocycles. The third-order valence-electron chi connectivity index (χ3n) is 7.19. The molecule has 15 heteroatoms. The summed E-state index contributed by atoms with van der Waals surface area (Å²) in [6.07, 6.45) is 28.0. The Morgan fingerprint density at radius 1 is 1.08 bits per heavy atom. The molecule has 1 fully saturated rings. The van der Waals surface area contributed by atoms with Crippen molar-refractivity contribution in [3.63, 3.8) is 0 Å². The predicted octanol–water partition coefficient (Wildman–Crippen LogP) is 6.21. The second-order valence-electron chi connectivity index (χ2n) is 10.9. The van der Waals surface area contributed by atoms with E-state index in [-0.39, 0.29) is 32.0 Å². The Bertz CT molecular complexity index is 1490. The number of nitrogens with zero attached hydrogens (tertiary/aromatic N) is 4. The number of amides is 1. The molecule has 1 aromatic rings. The lowest BCUT2D eigenvalue weighted by Crippen LogP contribution is -2.33. The first-order valence-corrected chi connectivity index (χ1v) is 17.9. The molecule has 48 heavy (non-hydrogen) atoms. The van der Waals surface area contributed by atoms with Crippen LogP contribution in [0.1, 0.15) is 76.5 Å². The SMILES string of the molecule is CCC=CCC=CCC=CCC=CCC=CCCCC(=O)NCCNP(=O)(OC)OC[C@H]1OC(n2cc(C)c(=O)[nH]c2=O)C[C@@H]1N=[N+]=[N-]. The van der Waals surface area contributed by atoms with Gasteiger partial charge in [0.2, 0.25) is 5.91 Å². The lowest BCUT2D eigenvalue weighted by Gasteiger charge is -2.21. The van der Waals surface area contributed by atoms with E-state index in [1.54, 1.807) is 6.92 Å². The number of rotatable bonds is 23. The van der Waals surface area contributed by atoms with Crippen molar-refractivity contribution in [2.24, 2.45) is 5.11 Å². The number of azide groups is 1. The Kier molecular flexibility index (Phi) is 19.8. The molecule has 1 amide bonds. The van der Waals surface area contributed by atoms with E-state index >= 15 is 0 Å². The maximum Gasteiger partial charge on any atom is 0.405 e. The van der Waals surface area contributed by atoms with Gasteiger partial charge in [0.1, 0.15) is 6.23 Å². The first-order chi connectivity index (χ1) is 23.2. The number of unbranched alkanes of at least 4 members (excludes halogenated alkanes) is 1. The van der Waals surface area contributed by atoms with E-state index in [0.717, 1.165) is 38.5 Å². The van der Waals surface area contributed by atoms with Crippen LogP contribution in [0.4, 0.5) is 0 Å². The number of ether oxygens (including phenoxy) is 1. The number of hydrogen-bond acceptors (Lipinski definition) is 8. The Hall–Kier alpha value is -3.77. The molecule has 1 aliphatic rings. The molecule has 2 heterocycles. The van der Waals surface area contributed by atoms with E-state index in [9.17, 15) is 18.9 Å². The summed E-state index contributed by atoms with van der Waals surface area (Å²) < 4.78 is 30.7. The van der Waals surface area contributed by atoms with Crippen molar-refractivity contribution >= 4 is 13.7 Å². The minimum atomic E-state index is -3.78. The van der Waals surface area contributed by atoms with Crippen LogP contribution in [0.15, 0.2) is 81.7 Å². The molecule has 0 bridgehead atoms. The normalized spacial score (nSPS) is 19.6. The van der Waals surface area contributed by atoms with Crippen LogP contribution in [0.25, 0.3) is 10.4 Å². The predicted molar refractivity (Wildman–Crippen MR) is 187 cm³/mol. The van der Waals surface area contributed by atoms with E-state index in [1.165, 1.54) is 17.9 Å². The van der Waals surface area contributed by atoms with E-state index < -0.39 is 37.4 Å². The quantitative estimate of drug-likeness (QED) is 0.0302. The number of aryl methyl sites for hydroxylation is 1. The molecule has 1 aliphatic heterocycles. The third-order valence-corrected chi connectivity index (χ3v) is 8.77. The van der Waals surface area contributed by atoms with E-state index in [0.29, 0.717) is 18.4 Å². The fourth-order valence-electron chi connectivity index (χ4n) is 4.59. The highest BCUT2D eigenvalue weighted by Gasteiger charge is 2.38. The standard InChI is InChI=1S/C33H50N7O7P/c1-4-5-6-7-8-9-10-11-12-13-14-15-16-17-18-19-20-21-30(41)35-22-23-36-48(44,45-3)46-26-29-28(38-39-34)24-31(47-29)40-25-27(2)32(42)37-33(40)43/h5-6,8-9,11-12,14-15,17-18,25,28-29,31H,4,7,10,13,16,19-24,26H2,1-3H3,(H,35,41)(H,36,44)(H,37,42,43)/t28-,29+,31?,48?/m0/s1. The summed E-state index contributed by atoms with van der Waals surface area (Å²) in [6, 6.07) is -0.724. The lowest BCUT2D eigenvalue weighted by molar-refractivity contribution is -0.121. The summed E-state index contributed by atoms with van der Waals surface area (Å²) in [5.41, 5.74) is 8.11. The van der Waals surface area contributed by atoms with Crippen LogP contribution in [0.2, 0.25) is 0 Å². The number of aromatic amines is 1. The smallest absolute Gasteiger partial charge is 0.355 e. The van der Waals surface area contributed by atoms with Gasteiger partial charge < -0.3 is 14.6 Å². The summed E-state index contributed by atoms with van der Waals surface area (Å²) in [4.78, 5) is 41.2.